The lowest BCUT2D eigenvalue weighted by atomic mass is 10.2. The number of rotatable bonds is 6. The van der Waals surface area contributed by atoms with E-state index in [1.165, 1.54) is 0 Å². The third kappa shape index (κ3) is 6.47. The van der Waals surface area contributed by atoms with Gasteiger partial charge in [-0.15, -0.1) is 0 Å². The fourth-order valence-electron chi connectivity index (χ4n) is 2.33. The van der Waals surface area contributed by atoms with Gasteiger partial charge in [0.25, 0.3) is 11.8 Å². The third-order valence-corrected chi connectivity index (χ3v) is 4.97. The zero-order chi connectivity index (χ0) is 21.3. The Morgan fingerprint density at radius 2 is 0.933 bits per heavy atom. The Morgan fingerprint density at radius 3 is 1.27 bits per heavy atom. The van der Waals surface area contributed by atoms with Gasteiger partial charge in [0.15, 0.2) is 0 Å². The quantitative estimate of drug-likeness (QED) is 0.358. The van der Waals surface area contributed by atoms with Gasteiger partial charge in [-0.3, -0.25) is 9.59 Å². The van der Waals surface area contributed by atoms with Gasteiger partial charge in [-0.2, -0.15) is 10.2 Å². The monoisotopic (exact) mass is 526 g/mol. The van der Waals surface area contributed by atoms with Gasteiger partial charge in [-0.05, 0) is 59.7 Å². The first-order valence-corrected chi connectivity index (χ1v) is 10.4. The second kappa shape index (κ2) is 10.6. The molecule has 150 valence electrons. The Morgan fingerprint density at radius 1 is 0.600 bits per heavy atom. The molecule has 2 N–H and O–H groups in total. The van der Waals surface area contributed by atoms with Crippen molar-refractivity contribution >= 4 is 56.1 Å². The third-order valence-electron chi connectivity index (χ3n) is 3.91. The number of carbonyl (C=O) groups is 2. The van der Waals surface area contributed by atoms with E-state index in [1.54, 1.807) is 61.0 Å². The van der Waals surface area contributed by atoms with Crippen LogP contribution in [0.5, 0.6) is 0 Å². The topological polar surface area (TPSA) is 82.9 Å². The van der Waals surface area contributed by atoms with Crippen LogP contribution in [0.25, 0.3) is 0 Å². The first kappa shape index (κ1) is 21.6. The Balaban J connectivity index is 1.50. The average molecular weight is 528 g/mol. The lowest BCUT2D eigenvalue weighted by Gasteiger charge is -2.01. The average Bonchev–Trinajstić information content (AvgIpc) is 2.75. The smallest absolute Gasteiger partial charge is 0.267 e. The Hall–Kier alpha value is -3.10. The van der Waals surface area contributed by atoms with Crippen molar-refractivity contribution in [2.24, 2.45) is 10.2 Å². The van der Waals surface area contributed by atoms with Crippen molar-refractivity contribution < 1.29 is 9.59 Å². The van der Waals surface area contributed by atoms with Crippen LogP contribution < -0.4 is 10.9 Å². The van der Waals surface area contributed by atoms with Crippen molar-refractivity contribution in [1.29, 1.82) is 0 Å². The summed E-state index contributed by atoms with van der Waals surface area (Å²) in [4.78, 5) is 24.0. The van der Waals surface area contributed by atoms with Crippen LogP contribution in [0.4, 0.5) is 0 Å². The molecular weight excluding hydrogens is 512 g/mol. The highest BCUT2D eigenvalue weighted by Gasteiger charge is 2.04. The minimum Gasteiger partial charge on any atom is -0.267 e. The largest absolute Gasteiger partial charge is 0.271 e. The van der Waals surface area contributed by atoms with Crippen LogP contribution in [0.3, 0.4) is 0 Å². The summed E-state index contributed by atoms with van der Waals surface area (Å²) in [6, 6.07) is 21.3. The number of benzene rings is 3. The summed E-state index contributed by atoms with van der Waals surface area (Å²) in [7, 11) is 0. The van der Waals surface area contributed by atoms with Crippen molar-refractivity contribution in [3.63, 3.8) is 0 Å². The Kier molecular flexibility index (Phi) is 7.64. The van der Waals surface area contributed by atoms with Crippen LogP contribution in [-0.4, -0.2) is 24.2 Å². The van der Waals surface area contributed by atoms with E-state index in [-0.39, 0.29) is 11.8 Å². The molecule has 0 aliphatic rings. The van der Waals surface area contributed by atoms with Gasteiger partial charge in [0.1, 0.15) is 0 Å². The minimum absolute atomic E-state index is 0.288. The number of hydrogen-bond acceptors (Lipinski definition) is 4. The molecule has 8 heteroatoms. The number of hydrazone groups is 2. The van der Waals surface area contributed by atoms with Gasteiger partial charge >= 0.3 is 0 Å². The molecule has 0 atom stereocenters. The van der Waals surface area contributed by atoms with Crippen LogP contribution in [0.15, 0.2) is 91.9 Å². The van der Waals surface area contributed by atoms with Crippen LogP contribution in [0.1, 0.15) is 31.8 Å². The molecule has 30 heavy (non-hydrogen) atoms. The van der Waals surface area contributed by atoms with E-state index < -0.39 is 0 Å². The summed E-state index contributed by atoms with van der Waals surface area (Å²) in [5, 5.41) is 7.93. The van der Waals surface area contributed by atoms with Gasteiger partial charge in [0.2, 0.25) is 0 Å². The first-order chi connectivity index (χ1) is 14.5. The summed E-state index contributed by atoms with van der Waals surface area (Å²) in [6.45, 7) is 0. The fraction of sp³-hybridized carbons (Fsp3) is 0. The lowest BCUT2D eigenvalue weighted by Crippen LogP contribution is -2.17. The maximum Gasteiger partial charge on any atom is 0.271 e. The Bertz CT molecular complexity index is 989. The van der Waals surface area contributed by atoms with Gasteiger partial charge in [0, 0.05) is 20.1 Å². The molecule has 2 amide bonds. The predicted octanol–water partition coefficient (Wildman–Crippen LogP) is 4.74. The maximum atomic E-state index is 12.0. The molecule has 0 aliphatic carbocycles. The van der Waals surface area contributed by atoms with Crippen LogP contribution in [-0.2, 0) is 0 Å². The lowest BCUT2D eigenvalue weighted by molar-refractivity contribution is 0.0947. The standard InChI is InChI=1S/C22H16Br2N4O2/c23-19-9-5-17(6-10-19)21(29)27-25-13-15-1-2-16(4-3-15)14-26-28-22(30)18-7-11-20(24)12-8-18/h1-14H,(H,27,29)(H,28,30)/b25-13-,26-14-. The van der Waals surface area contributed by atoms with Crippen LogP contribution >= 0.6 is 31.9 Å². The molecule has 0 fully saturated rings. The van der Waals surface area contributed by atoms with Gasteiger partial charge < -0.3 is 0 Å². The molecular formula is C22H16Br2N4O2. The van der Waals surface area contributed by atoms with Crippen molar-refractivity contribution in [3.8, 4) is 0 Å². The molecule has 0 unspecified atom stereocenters. The van der Waals surface area contributed by atoms with Crippen molar-refractivity contribution in [3.05, 3.63) is 104 Å². The number of nitrogens with one attached hydrogen (secondary N) is 2. The molecule has 0 aromatic heterocycles. The number of halogens is 2. The van der Waals surface area contributed by atoms with Crippen molar-refractivity contribution in [2.75, 3.05) is 0 Å². The number of hydrogen-bond donors (Lipinski definition) is 2. The number of amides is 2. The highest BCUT2D eigenvalue weighted by Crippen LogP contribution is 2.11. The first-order valence-electron chi connectivity index (χ1n) is 8.79. The molecule has 0 spiro atoms. The summed E-state index contributed by atoms with van der Waals surface area (Å²) in [5.74, 6) is -0.576. The van der Waals surface area contributed by atoms with E-state index in [4.69, 9.17) is 0 Å². The molecule has 3 aromatic rings. The molecule has 0 heterocycles. The van der Waals surface area contributed by atoms with E-state index in [1.807, 2.05) is 24.3 Å². The van der Waals surface area contributed by atoms with E-state index in [9.17, 15) is 9.59 Å². The number of carbonyl (C=O) groups excluding carboxylic acids is 2. The SMILES string of the molecule is O=C(N/N=C\c1ccc(/C=N\NC(=O)c2ccc(Br)cc2)cc1)c1ccc(Br)cc1. The molecule has 0 saturated carbocycles. The molecule has 6 nitrogen and oxygen atoms in total. The Labute approximate surface area is 190 Å². The second-order valence-corrected chi connectivity index (χ2v) is 7.91. The molecule has 0 aliphatic heterocycles. The zero-order valence-electron chi connectivity index (χ0n) is 15.5. The van der Waals surface area contributed by atoms with Crippen molar-refractivity contribution in [1.82, 2.24) is 10.9 Å². The van der Waals surface area contributed by atoms with Gasteiger partial charge in [0.05, 0.1) is 12.4 Å². The molecule has 0 radical (unpaired) electrons. The van der Waals surface area contributed by atoms with Gasteiger partial charge in [-0.1, -0.05) is 56.1 Å². The minimum atomic E-state index is -0.288. The fourth-order valence-corrected chi connectivity index (χ4v) is 2.86. The van der Waals surface area contributed by atoms with Crippen LogP contribution in [0, 0.1) is 0 Å². The van der Waals surface area contributed by atoms with E-state index in [2.05, 4.69) is 52.9 Å². The predicted molar refractivity (Wildman–Crippen MR) is 125 cm³/mol. The summed E-state index contributed by atoms with van der Waals surface area (Å²) >= 11 is 6.65. The number of nitrogens with zero attached hydrogens (tertiary/aromatic N) is 2. The molecule has 3 rings (SSSR count). The summed E-state index contributed by atoms with van der Waals surface area (Å²) in [5.41, 5.74) is 7.63. The summed E-state index contributed by atoms with van der Waals surface area (Å²) < 4.78 is 1.80. The van der Waals surface area contributed by atoms with Crippen molar-refractivity contribution in [2.45, 2.75) is 0 Å². The van der Waals surface area contributed by atoms with Gasteiger partial charge in [-0.25, -0.2) is 10.9 Å². The van der Waals surface area contributed by atoms with E-state index >= 15 is 0 Å². The van der Waals surface area contributed by atoms with E-state index in [0.29, 0.717) is 11.1 Å². The summed E-state index contributed by atoms with van der Waals surface area (Å²) in [6.07, 6.45) is 3.10. The van der Waals surface area contributed by atoms with E-state index in [0.717, 1.165) is 20.1 Å². The van der Waals surface area contributed by atoms with Crippen LogP contribution in [0.2, 0.25) is 0 Å². The molecule has 3 aromatic carbocycles. The zero-order valence-corrected chi connectivity index (χ0v) is 18.7. The molecule has 0 saturated heterocycles. The highest BCUT2D eigenvalue weighted by molar-refractivity contribution is 9.10. The molecule has 0 bridgehead atoms. The normalized spacial score (nSPS) is 11.0. The second-order valence-electron chi connectivity index (χ2n) is 6.08. The highest BCUT2D eigenvalue weighted by atomic mass is 79.9. The maximum absolute atomic E-state index is 12.0.